The molecular weight excluding hydrogens is 370 g/mol. The smallest absolute Gasteiger partial charge is 0.335 e. The normalized spacial score (nSPS) is 14.9. The molecule has 1 aliphatic rings. The molecule has 2 aromatic carbocycles. The van der Waals surface area contributed by atoms with Crippen LogP contribution in [0.3, 0.4) is 0 Å². The molecule has 0 unspecified atom stereocenters. The minimum atomic E-state index is -1.01. The molecule has 0 heterocycles. The monoisotopic (exact) mass is 387 g/mol. The average molecular weight is 388 g/mol. The molecule has 4 nitrogen and oxygen atoms in total. The summed E-state index contributed by atoms with van der Waals surface area (Å²) in [4.78, 5) is 23.5. The van der Waals surface area contributed by atoms with E-state index in [1.165, 1.54) is 11.6 Å². The van der Waals surface area contributed by atoms with E-state index in [0.717, 1.165) is 17.3 Å². The zero-order chi connectivity index (χ0) is 17.2. The van der Waals surface area contributed by atoms with Crippen LogP contribution in [0, 0.1) is 0 Å². The Kier molecular flexibility index (Phi) is 4.71. The summed E-state index contributed by atoms with van der Waals surface area (Å²) >= 11 is 3.49. The van der Waals surface area contributed by atoms with Gasteiger partial charge in [0.05, 0.1) is 12.0 Å². The number of halogens is 1. The Morgan fingerprint density at radius 3 is 2.54 bits per heavy atom. The van der Waals surface area contributed by atoms with E-state index in [4.69, 9.17) is 0 Å². The zero-order valence-corrected chi connectivity index (χ0v) is 14.7. The van der Waals surface area contributed by atoms with E-state index in [1.54, 1.807) is 18.2 Å². The topological polar surface area (TPSA) is 66.4 Å². The SMILES string of the molecule is O=C(Cc1ccccc1C(=O)O)NCC1(c2cccc(Br)c2)CC1. The summed E-state index contributed by atoms with van der Waals surface area (Å²) < 4.78 is 1.04. The Bertz CT molecular complexity index is 784. The lowest BCUT2D eigenvalue weighted by molar-refractivity contribution is -0.120. The van der Waals surface area contributed by atoms with Crippen molar-refractivity contribution in [2.75, 3.05) is 6.54 Å². The van der Waals surface area contributed by atoms with Crippen molar-refractivity contribution in [3.05, 3.63) is 69.7 Å². The highest BCUT2D eigenvalue weighted by Crippen LogP contribution is 2.48. The highest BCUT2D eigenvalue weighted by Gasteiger charge is 2.44. The maximum Gasteiger partial charge on any atom is 0.335 e. The van der Waals surface area contributed by atoms with E-state index in [0.29, 0.717) is 12.1 Å². The Morgan fingerprint density at radius 2 is 1.88 bits per heavy atom. The maximum absolute atomic E-state index is 12.2. The molecule has 0 atom stereocenters. The lowest BCUT2D eigenvalue weighted by Gasteiger charge is -2.17. The third kappa shape index (κ3) is 3.67. The van der Waals surface area contributed by atoms with E-state index in [1.807, 2.05) is 12.1 Å². The van der Waals surface area contributed by atoms with Crippen molar-refractivity contribution in [1.82, 2.24) is 5.32 Å². The van der Waals surface area contributed by atoms with Crippen molar-refractivity contribution < 1.29 is 14.7 Å². The molecule has 0 radical (unpaired) electrons. The highest BCUT2D eigenvalue weighted by atomic mass is 79.9. The second-order valence-corrected chi connectivity index (χ2v) is 7.12. The molecule has 0 aliphatic heterocycles. The van der Waals surface area contributed by atoms with Crippen LogP contribution in [-0.2, 0) is 16.6 Å². The Balaban J connectivity index is 1.64. The minimum Gasteiger partial charge on any atom is -0.478 e. The molecule has 0 bridgehead atoms. The molecular formula is C19H18BrNO3. The van der Waals surface area contributed by atoms with Crippen LogP contribution in [0.15, 0.2) is 53.0 Å². The number of aromatic carboxylic acids is 1. The summed E-state index contributed by atoms with van der Waals surface area (Å²) in [5, 5.41) is 12.2. The summed E-state index contributed by atoms with van der Waals surface area (Å²) in [6.07, 6.45) is 2.18. The van der Waals surface area contributed by atoms with Gasteiger partial charge in [-0.05, 0) is 42.2 Å². The number of benzene rings is 2. The van der Waals surface area contributed by atoms with Crippen LogP contribution in [0.2, 0.25) is 0 Å². The molecule has 1 saturated carbocycles. The van der Waals surface area contributed by atoms with Gasteiger partial charge in [-0.25, -0.2) is 4.79 Å². The van der Waals surface area contributed by atoms with Crippen LogP contribution < -0.4 is 5.32 Å². The first-order valence-corrected chi connectivity index (χ1v) is 8.63. The fourth-order valence-electron chi connectivity index (χ4n) is 2.92. The molecule has 0 saturated heterocycles. The van der Waals surface area contributed by atoms with Gasteiger partial charge in [-0.2, -0.15) is 0 Å². The van der Waals surface area contributed by atoms with Crippen molar-refractivity contribution in [2.45, 2.75) is 24.7 Å². The highest BCUT2D eigenvalue weighted by molar-refractivity contribution is 9.10. The van der Waals surface area contributed by atoms with Crippen LogP contribution in [0.1, 0.15) is 34.3 Å². The first kappa shape index (κ1) is 16.7. The second-order valence-electron chi connectivity index (χ2n) is 6.21. The number of carboxylic acid groups (broad SMARTS) is 1. The number of hydrogen-bond donors (Lipinski definition) is 2. The van der Waals surface area contributed by atoms with Gasteiger partial charge >= 0.3 is 5.97 Å². The standard InChI is InChI=1S/C19H18BrNO3/c20-15-6-3-5-14(11-15)19(8-9-19)12-21-17(22)10-13-4-1-2-7-16(13)18(23)24/h1-7,11H,8-10,12H2,(H,21,22)(H,23,24). The van der Waals surface area contributed by atoms with Crippen LogP contribution in [-0.4, -0.2) is 23.5 Å². The number of hydrogen-bond acceptors (Lipinski definition) is 2. The second kappa shape index (κ2) is 6.77. The molecule has 1 amide bonds. The number of amides is 1. The van der Waals surface area contributed by atoms with Gasteiger partial charge in [-0.1, -0.05) is 46.3 Å². The maximum atomic E-state index is 12.2. The van der Waals surface area contributed by atoms with Crippen molar-refractivity contribution in [1.29, 1.82) is 0 Å². The Labute approximate surface area is 149 Å². The van der Waals surface area contributed by atoms with Gasteiger partial charge < -0.3 is 10.4 Å². The summed E-state index contributed by atoms with van der Waals surface area (Å²) in [7, 11) is 0. The van der Waals surface area contributed by atoms with E-state index >= 15 is 0 Å². The van der Waals surface area contributed by atoms with Crippen molar-refractivity contribution >= 4 is 27.8 Å². The van der Waals surface area contributed by atoms with Gasteiger partial charge in [-0.15, -0.1) is 0 Å². The number of rotatable bonds is 6. The molecule has 2 aromatic rings. The van der Waals surface area contributed by atoms with Crippen LogP contribution in [0.25, 0.3) is 0 Å². The first-order valence-electron chi connectivity index (χ1n) is 7.84. The average Bonchev–Trinajstić information content (AvgIpc) is 3.34. The van der Waals surface area contributed by atoms with E-state index in [-0.39, 0.29) is 23.3 Å². The third-order valence-corrected chi connectivity index (χ3v) is 5.01. The quantitative estimate of drug-likeness (QED) is 0.796. The molecule has 0 spiro atoms. The lowest BCUT2D eigenvalue weighted by Crippen LogP contribution is -2.33. The Morgan fingerprint density at radius 1 is 1.12 bits per heavy atom. The molecule has 2 N–H and O–H groups in total. The van der Waals surface area contributed by atoms with Crippen LogP contribution >= 0.6 is 15.9 Å². The summed E-state index contributed by atoms with van der Waals surface area (Å²) in [5.41, 5.74) is 1.96. The van der Waals surface area contributed by atoms with Gasteiger partial charge in [-0.3, -0.25) is 4.79 Å². The van der Waals surface area contributed by atoms with Gasteiger partial charge in [0, 0.05) is 16.4 Å². The van der Waals surface area contributed by atoms with Crippen molar-refractivity contribution in [3.8, 4) is 0 Å². The Hall–Kier alpha value is -2.14. The molecule has 124 valence electrons. The van der Waals surface area contributed by atoms with Gasteiger partial charge in [0.1, 0.15) is 0 Å². The van der Waals surface area contributed by atoms with Crippen LogP contribution in [0.5, 0.6) is 0 Å². The van der Waals surface area contributed by atoms with Gasteiger partial charge in [0.15, 0.2) is 0 Å². The molecule has 1 aliphatic carbocycles. The molecule has 0 aromatic heterocycles. The number of carbonyl (C=O) groups excluding carboxylic acids is 1. The third-order valence-electron chi connectivity index (χ3n) is 4.51. The number of nitrogens with one attached hydrogen (secondary N) is 1. The van der Waals surface area contributed by atoms with Crippen molar-refractivity contribution in [3.63, 3.8) is 0 Å². The predicted octanol–water partition coefficient (Wildman–Crippen LogP) is 3.54. The molecule has 5 heteroatoms. The fourth-order valence-corrected chi connectivity index (χ4v) is 3.32. The predicted molar refractivity (Wildman–Crippen MR) is 95.2 cm³/mol. The molecule has 1 fully saturated rings. The minimum absolute atomic E-state index is 0.0196. The van der Waals surface area contributed by atoms with E-state index in [9.17, 15) is 14.7 Å². The number of carbonyl (C=O) groups is 2. The lowest BCUT2D eigenvalue weighted by atomic mass is 9.96. The summed E-state index contributed by atoms with van der Waals surface area (Å²) in [5.74, 6) is -1.16. The van der Waals surface area contributed by atoms with E-state index in [2.05, 4.69) is 33.4 Å². The molecule has 3 rings (SSSR count). The van der Waals surface area contributed by atoms with E-state index < -0.39 is 5.97 Å². The first-order chi connectivity index (χ1) is 11.5. The summed E-state index contributed by atoms with van der Waals surface area (Å²) in [6.45, 7) is 0.581. The van der Waals surface area contributed by atoms with Gasteiger partial charge in [0.25, 0.3) is 0 Å². The largest absolute Gasteiger partial charge is 0.478 e. The fraction of sp³-hybridized carbons (Fsp3) is 0.263. The van der Waals surface area contributed by atoms with Crippen LogP contribution in [0.4, 0.5) is 0 Å². The summed E-state index contributed by atoms with van der Waals surface area (Å²) in [6, 6.07) is 14.8. The zero-order valence-electron chi connectivity index (χ0n) is 13.1. The molecule has 24 heavy (non-hydrogen) atoms. The van der Waals surface area contributed by atoms with Gasteiger partial charge in [0.2, 0.25) is 5.91 Å². The van der Waals surface area contributed by atoms with Crippen molar-refractivity contribution in [2.24, 2.45) is 0 Å². The number of carboxylic acids is 1.